The maximum Gasteiger partial charge on any atom is 0.329 e. The number of carbonyl (C=O) groups excluding carboxylic acids is 1. The third-order valence-corrected chi connectivity index (χ3v) is 3.42. The molecule has 0 spiro atoms. The molecule has 0 fully saturated rings. The lowest BCUT2D eigenvalue weighted by Crippen LogP contribution is -2.53. The second-order valence-corrected chi connectivity index (χ2v) is 5.75. The fourth-order valence-electron chi connectivity index (χ4n) is 2.11. The highest BCUT2D eigenvalue weighted by molar-refractivity contribution is 5.93. The zero-order valence-corrected chi connectivity index (χ0v) is 13.1. The zero-order chi connectivity index (χ0) is 16.0. The van der Waals surface area contributed by atoms with Crippen LogP contribution in [-0.2, 0) is 4.79 Å². The fraction of sp³-hybridized carbons (Fsp3) is 0.500. The molecule has 0 aliphatic rings. The Morgan fingerprint density at radius 2 is 2.00 bits per heavy atom. The zero-order valence-electron chi connectivity index (χ0n) is 13.1. The average Bonchev–Trinajstić information content (AvgIpc) is 2.38. The molecule has 0 heterocycles. The van der Waals surface area contributed by atoms with E-state index in [1.165, 1.54) is 6.92 Å². The highest BCUT2D eigenvalue weighted by Crippen LogP contribution is 2.19. The van der Waals surface area contributed by atoms with E-state index in [0.29, 0.717) is 24.4 Å². The Hall–Kier alpha value is -2.04. The van der Waals surface area contributed by atoms with Crippen LogP contribution in [0.1, 0.15) is 52.0 Å². The normalized spacial score (nSPS) is 13.6. The Balaban J connectivity index is 2.77. The van der Waals surface area contributed by atoms with Gasteiger partial charge in [-0.05, 0) is 37.0 Å². The molecule has 116 valence electrons. The predicted molar refractivity (Wildman–Crippen MR) is 83.6 cm³/mol. The third-order valence-electron chi connectivity index (χ3n) is 3.42. The number of amides is 2. The summed E-state index contributed by atoms with van der Waals surface area (Å²) >= 11 is 0. The molecule has 21 heavy (non-hydrogen) atoms. The van der Waals surface area contributed by atoms with Crippen molar-refractivity contribution in [1.82, 2.24) is 5.32 Å². The summed E-state index contributed by atoms with van der Waals surface area (Å²) in [5.74, 6) is -0.672. The highest BCUT2D eigenvalue weighted by Gasteiger charge is 2.33. The summed E-state index contributed by atoms with van der Waals surface area (Å²) in [6.07, 6.45) is 1.05. The van der Waals surface area contributed by atoms with Gasteiger partial charge in [-0.2, -0.15) is 0 Å². The van der Waals surface area contributed by atoms with Crippen LogP contribution in [0.5, 0.6) is 0 Å². The lowest BCUT2D eigenvalue weighted by Gasteiger charge is -2.25. The second kappa shape index (κ2) is 7.11. The van der Waals surface area contributed by atoms with E-state index >= 15 is 0 Å². The molecule has 0 saturated carbocycles. The highest BCUT2D eigenvalue weighted by atomic mass is 16.4. The number of hydrogen-bond acceptors (Lipinski definition) is 2. The molecule has 0 aliphatic heterocycles. The van der Waals surface area contributed by atoms with Crippen LogP contribution in [0.2, 0.25) is 0 Å². The number of hydrogen-bond donors (Lipinski definition) is 3. The lowest BCUT2D eigenvalue weighted by atomic mass is 9.96. The molecule has 5 nitrogen and oxygen atoms in total. The first-order valence-corrected chi connectivity index (χ1v) is 7.21. The molecule has 1 rings (SSSR count). The first-order valence-electron chi connectivity index (χ1n) is 7.21. The third kappa shape index (κ3) is 4.77. The predicted octanol–water partition coefficient (Wildman–Crippen LogP) is 3.57. The monoisotopic (exact) mass is 292 g/mol. The van der Waals surface area contributed by atoms with E-state index < -0.39 is 17.5 Å². The summed E-state index contributed by atoms with van der Waals surface area (Å²) in [6, 6.07) is 7.03. The van der Waals surface area contributed by atoms with Crippen molar-refractivity contribution in [2.75, 3.05) is 5.32 Å². The van der Waals surface area contributed by atoms with Crippen molar-refractivity contribution in [1.29, 1.82) is 0 Å². The lowest BCUT2D eigenvalue weighted by molar-refractivity contribution is -0.143. The van der Waals surface area contributed by atoms with E-state index in [4.69, 9.17) is 0 Å². The minimum Gasteiger partial charge on any atom is -0.480 e. The van der Waals surface area contributed by atoms with Gasteiger partial charge in [0.05, 0.1) is 0 Å². The summed E-state index contributed by atoms with van der Waals surface area (Å²) in [4.78, 5) is 23.3. The van der Waals surface area contributed by atoms with Gasteiger partial charge in [-0.25, -0.2) is 9.59 Å². The number of carboxylic acids is 1. The van der Waals surface area contributed by atoms with Crippen LogP contribution in [-0.4, -0.2) is 22.6 Å². The van der Waals surface area contributed by atoms with Gasteiger partial charge < -0.3 is 15.7 Å². The molecule has 0 aromatic heterocycles. The van der Waals surface area contributed by atoms with Gasteiger partial charge in [0.25, 0.3) is 0 Å². The van der Waals surface area contributed by atoms with Gasteiger partial charge in [0.15, 0.2) is 0 Å². The molecule has 1 atom stereocenters. The maximum absolute atomic E-state index is 12.0. The van der Waals surface area contributed by atoms with Gasteiger partial charge in [-0.15, -0.1) is 0 Å². The van der Waals surface area contributed by atoms with Crippen LogP contribution in [0.15, 0.2) is 24.3 Å². The minimum atomic E-state index is -1.26. The van der Waals surface area contributed by atoms with Gasteiger partial charge in [-0.3, -0.25) is 0 Å². The van der Waals surface area contributed by atoms with Crippen molar-refractivity contribution in [3.63, 3.8) is 0 Å². The number of carboxylic acid groups (broad SMARTS) is 1. The van der Waals surface area contributed by atoms with Crippen LogP contribution in [0.25, 0.3) is 0 Å². The summed E-state index contributed by atoms with van der Waals surface area (Å²) < 4.78 is 0. The first kappa shape index (κ1) is 17.0. The van der Waals surface area contributed by atoms with E-state index in [9.17, 15) is 14.7 Å². The summed E-state index contributed by atoms with van der Waals surface area (Å²) in [6.45, 7) is 7.54. The fourth-order valence-corrected chi connectivity index (χ4v) is 2.11. The van der Waals surface area contributed by atoms with E-state index in [1.807, 2.05) is 25.1 Å². The van der Waals surface area contributed by atoms with E-state index in [2.05, 4.69) is 24.5 Å². The van der Waals surface area contributed by atoms with Crippen LogP contribution < -0.4 is 10.6 Å². The standard InChI is InChI=1S/C16H24N2O3/c1-5-9-16(4,14(19)20)18-15(21)17-13-8-6-7-12(10-13)11(2)3/h6-8,10-11H,5,9H2,1-4H3,(H,19,20)(H2,17,18,21). The first-order chi connectivity index (χ1) is 9.78. The van der Waals surface area contributed by atoms with Crippen molar-refractivity contribution in [2.45, 2.75) is 52.0 Å². The largest absolute Gasteiger partial charge is 0.480 e. The van der Waals surface area contributed by atoms with Gasteiger partial charge in [0.2, 0.25) is 0 Å². The SMILES string of the molecule is CCCC(C)(NC(=O)Nc1cccc(C(C)C)c1)C(=O)O. The molecular weight excluding hydrogens is 268 g/mol. The summed E-state index contributed by atoms with van der Waals surface area (Å²) in [5.41, 5.74) is 0.513. The van der Waals surface area contributed by atoms with Crippen molar-refractivity contribution >= 4 is 17.7 Å². The Morgan fingerprint density at radius 3 is 2.52 bits per heavy atom. The van der Waals surface area contributed by atoms with Crippen LogP contribution in [0.3, 0.4) is 0 Å². The van der Waals surface area contributed by atoms with Gasteiger partial charge in [0.1, 0.15) is 5.54 Å². The molecule has 1 unspecified atom stereocenters. The van der Waals surface area contributed by atoms with Crippen molar-refractivity contribution in [3.05, 3.63) is 29.8 Å². The topological polar surface area (TPSA) is 78.4 Å². The molecule has 0 bridgehead atoms. The minimum absolute atomic E-state index is 0.360. The molecule has 1 aromatic rings. The number of nitrogens with one attached hydrogen (secondary N) is 2. The van der Waals surface area contributed by atoms with Crippen LogP contribution in [0, 0.1) is 0 Å². The number of anilines is 1. The Kier molecular flexibility index (Phi) is 5.76. The Bertz CT molecular complexity index is 514. The quantitative estimate of drug-likeness (QED) is 0.750. The van der Waals surface area contributed by atoms with E-state index in [1.54, 1.807) is 6.07 Å². The van der Waals surface area contributed by atoms with E-state index in [-0.39, 0.29) is 0 Å². The molecule has 1 aromatic carbocycles. The molecular formula is C16H24N2O3. The Labute approximate surface area is 125 Å². The molecule has 3 N–H and O–H groups in total. The van der Waals surface area contributed by atoms with Gasteiger partial charge in [-0.1, -0.05) is 39.3 Å². The second-order valence-electron chi connectivity index (χ2n) is 5.75. The molecule has 0 saturated heterocycles. The molecule has 0 radical (unpaired) electrons. The van der Waals surface area contributed by atoms with E-state index in [0.717, 1.165) is 5.56 Å². The Morgan fingerprint density at radius 1 is 1.33 bits per heavy atom. The summed E-state index contributed by atoms with van der Waals surface area (Å²) in [7, 11) is 0. The number of rotatable bonds is 6. The van der Waals surface area contributed by atoms with Crippen LogP contribution in [0.4, 0.5) is 10.5 Å². The number of carbonyl (C=O) groups is 2. The van der Waals surface area contributed by atoms with Crippen LogP contribution >= 0.6 is 0 Å². The molecule has 0 aliphatic carbocycles. The number of urea groups is 1. The smallest absolute Gasteiger partial charge is 0.329 e. The van der Waals surface area contributed by atoms with Gasteiger partial charge >= 0.3 is 12.0 Å². The maximum atomic E-state index is 12.0. The number of aliphatic carboxylic acids is 1. The average molecular weight is 292 g/mol. The van der Waals surface area contributed by atoms with Crippen molar-refractivity contribution in [3.8, 4) is 0 Å². The molecule has 2 amide bonds. The summed E-state index contributed by atoms with van der Waals surface area (Å²) in [5, 5.41) is 14.5. The van der Waals surface area contributed by atoms with Crippen molar-refractivity contribution < 1.29 is 14.7 Å². The number of benzene rings is 1. The van der Waals surface area contributed by atoms with Crippen molar-refractivity contribution in [2.24, 2.45) is 0 Å². The molecule has 5 heteroatoms. The van der Waals surface area contributed by atoms with Gasteiger partial charge in [0, 0.05) is 5.69 Å².